The minimum atomic E-state index is -1.24. The van der Waals surface area contributed by atoms with Gasteiger partial charge in [0.2, 0.25) is 0 Å². The highest BCUT2D eigenvalue weighted by Crippen LogP contribution is 2.30. The predicted octanol–water partition coefficient (Wildman–Crippen LogP) is 2.98. The third kappa shape index (κ3) is 3.68. The van der Waals surface area contributed by atoms with E-state index in [-0.39, 0.29) is 5.69 Å². The second-order valence-electron chi connectivity index (χ2n) is 5.76. The molecule has 0 saturated heterocycles. The first-order valence-corrected chi connectivity index (χ1v) is 6.25. The summed E-state index contributed by atoms with van der Waals surface area (Å²) in [4.78, 5) is 23.1. The van der Waals surface area contributed by atoms with E-state index >= 15 is 0 Å². The largest absolute Gasteiger partial charge is 0.481 e. The van der Waals surface area contributed by atoms with Gasteiger partial charge in [0.1, 0.15) is 11.6 Å². The standard InChI is InChI=1S/C14H18F2N2O3/c1-13(2,11(19)20)14(3,4)18-12(21)17-10-6-5-8(15)7-9(10)16/h5-7H,1-4H3,(H,19,20)(H2,17,18,21). The van der Waals surface area contributed by atoms with Crippen molar-refractivity contribution in [2.24, 2.45) is 5.41 Å². The number of aliphatic carboxylic acids is 1. The van der Waals surface area contributed by atoms with Crippen LogP contribution in [0, 0.1) is 17.0 Å². The molecule has 0 aromatic heterocycles. The predicted molar refractivity (Wildman–Crippen MR) is 74.0 cm³/mol. The average Bonchev–Trinajstić information content (AvgIpc) is 2.31. The Kier molecular flexibility index (Phi) is 4.56. The summed E-state index contributed by atoms with van der Waals surface area (Å²) < 4.78 is 26.2. The number of benzene rings is 1. The van der Waals surface area contributed by atoms with Gasteiger partial charge in [-0.1, -0.05) is 0 Å². The SMILES string of the molecule is CC(C)(NC(=O)Nc1ccc(F)cc1F)C(C)(C)C(=O)O. The quantitative estimate of drug-likeness (QED) is 0.800. The fourth-order valence-corrected chi connectivity index (χ4v) is 1.45. The van der Waals surface area contributed by atoms with E-state index in [1.165, 1.54) is 13.8 Å². The van der Waals surface area contributed by atoms with Gasteiger partial charge in [0.05, 0.1) is 16.6 Å². The minimum Gasteiger partial charge on any atom is -0.481 e. The van der Waals surface area contributed by atoms with Crippen LogP contribution in [0.2, 0.25) is 0 Å². The third-order valence-electron chi connectivity index (χ3n) is 3.70. The number of carbonyl (C=O) groups excluding carboxylic acids is 1. The molecule has 7 heteroatoms. The van der Waals surface area contributed by atoms with Crippen molar-refractivity contribution in [2.45, 2.75) is 33.2 Å². The second kappa shape index (κ2) is 5.67. The van der Waals surface area contributed by atoms with Gasteiger partial charge in [0, 0.05) is 6.07 Å². The number of halogens is 2. The number of carbonyl (C=O) groups is 2. The smallest absolute Gasteiger partial charge is 0.319 e. The summed E-state index contributed by atoms with van der Waals surface area (Å²) in [6.45, 7) is 6.02. The van der Waals surface area contributed by atoms with Crippen molar-refractivity contribution < 1.29 is 23.5 Å². The molecule has 0 spiro atoms. The van der Waals surface area contributed by atoms with Crippen molar-refractivity contribution in [3.8, 4) is 0 Å². The van der Waals surface area contributed by atoms with Gasteiger partial charge in [-0.05, 0) is 39.8 Å². The normalized spacial score (nSPS) is 11.9. The molecule has 0 saturated carbocycles. The average molecular weight is 300 g/mol. The number of hydrogen-bond donors (Lipinski definition) is 3. The van der Waals surface area contributed by atoms with E-state index < -0.39 is 34.6 Å². The van der Waals surface area contributed by atoms with Crippen LogP contribution in [0.15, 0.2) is 18.2 Å². The molecule has 0 aliphatic heterocycles. The molecule has 0 radical (unpaired) electrons. The van der Waals surface area contributed by atoms with E-state index in [0.29, 0.717) is 6.07 Å². The first-order valence-electron chi connectivity index (χ1n) is 6.25. The molecule has 1 rings (SSSR count). The van der Waals surface area contributed by atoms with Crippen molar-refractivity contribution in [2.75, 3.05) is 5.32 Å². The molecule has 5 nitrogen and oxygen atoms in total. The Morgan fingerprint density at radius 1 is 1.14 bits per heavy atom. The van der Waals surface area contributed by atoms with Crippen molar-refractivity contribution in [1.82, 2.24) is 5.32 Å². The Bertz CT molecular complexity index is 571. The topological polar surface area (TPSA) is 78.4 Å². The Hall–Kier alpha value is -2.18. The maximum Gasteiger partial charge on any atom is 0.319 e. The fourth-order valence-electron chi connectivity index (χ4n) is 1.45. The van der Waals surface area contributed by atoms with E-state index in [0.717, 1.165) is 12.1 Å². The van der Waals surface area contributed by atoms with Gasteiger partial charge < -0.3 is 15.7 Å². The van der Waals surface area contributed by atoms with Crippen LogP contribution in [0.4, 0.5) is 19.3 Å². The Morgan fingerprint density at radius 3 is 2.19 bits per heavy atom. The highest BCUT2D eigenvalue weighted by Gasteiger charge is 2.44. The maximum atomic E-state index is 13.4. The lowest BCUT2D eigenvalue weighted by molar-refractivity contribution is -0.150. The van der Waals surface area contributed by atoms with Crippen LogP contribution in [0.1, 0.15) is 27.7 Å². The molecule has 0 aliphatic rings. The molecule has 0 fully saturated rings. The van der Waals surface area contributed by atoms with Crippen LogP contribution in [-0.2, 0) is 4.79 Å². The summed E-state index contributed by atoms with van der Waals surface area (Å²) in [5.74, 6) is -2.76. The van der Waals surface area contributed by atoms with E-state index in [1.807, 2.05) is 0 Å². The van der Waals surface area contributed by atoms with Gasteiger partial charge in [-0.3, -0.25) is 4.79 Å². The van der Waals surface area contributed by atoms with Crippen LogP contribution >= 0.6 is 0 Å². The second-order valence-corrected chi connectivity index (χ2v) is 5.76. The summed E-state index contributed by atoms with van der Waals surface area (Å²) in [5, 5.41) is 13.9. The number of carboxylic acids is 1. The molecule has 0 bridgehead atoms. The molecule has 3 N–H and O–H groups in total. The Balaban J connectivity index is 2.84. The molecule has 0 heterocycles. The summed E-state index contributed by atoms with van der Waals surface area (Å²) in [6, 6.07) is 1.95. The van der Waals surface area contributed by atoms with Crippen LogP contribution in [-0.4, -0.2) is 22.6 Å². The van der Waals surface area contributed by atoms with E-state index in [2.05, 4.69) is 10.6 Å². The number of urea groups is 1. The van der Waals surface area contributed by atoms with Gasteiger partial charge in [-0.25, -0.2) is 13.6 Å². The van der Waals surface area contributed by atoms with Crippen LogP contribution in [0.5, 0.6) is 0 Å². The van der Waals surface area contributed by atoms with Crippen molar-refractivity contribution in [3.05, 3.63) is 29.8 Å². The Morgan fingerprint density at radius 2 is 1.71 bits per heavy atom. The third-order valence-corrected chi connectivity index (χ3v) is 3.70. The lowest BCUT2D eigenvalue weighted by Gasteiger charge is -2.38. The zero-order chi connectivity index (χ0) is 16.4. The number of rotatable bonds is 4. The zero-order valence-corrected chi connectivity index (χ0v) is 12.3. The van der Waals surface area contributed by atoms with Crippen molar-refractivity contribution in [3.63, 3.8) is 0 Å². The summed E-state index contributed by atoms with van der Waals surface area (Å²) in [6.07, 6.45) is 0. The van der Waals surface area contributed by atoms with E-state index in [4.69, 9.17) is 0 Å². The number of hydrogen-bond acceptors (Lipinski definition) is 2. The van der Waals surface area contributed by atoms with Gasteiger partial charge >= 0.3 is 12.0 Å². The first-order chi connectivity index (χ1) is 9.47. The molecule has 116 valence electrons. The van der Waals surface area contributed by atoms with Crippen LogP contribution < -0.4 is 10.6 Å². The summed E-state index contributed by atoms with van der Waals surface area (Å²) in [5.41, 5.74) is -2.54. The number of carboxylic acid groups (broad SMARTS) is 1. The molecule has 1 aromatic carbocycles. The van der Waals surface area contributed by atoms with E-state index in [9.17, 15) is 23.5 Å². The number of amides is 2. The molecular formula is C14H18F2N2O3. The molecule has 2 amide bonds. The van der Waals surface area contributed by atoms with Crippen LogP contribution in [0.3, 0.4) is 0 Å². The van der Waals surface area contributed by atoms with Crippen LogP contribution in [0.25, 0.3) is 0 Å². The molecule has 0 unspecified atom stereocenters. The number of anilines is 1. The van der Waals surface area contributed by atoms with Crippen molar-refractivity contribution in [1.29, 1.82) is 0 Å². The summed E-state index contributed by atoms with van der Waals surface area (Å²) >= 11 is 0. The van der Waals surface area contributed by atoms with Crippen molar-refractivity contribution >= 4 is 17.7 Å². The Labute approximate surface area is 121 Å². The number of nitrogens with one attached hydrogen (secondary N) is 2. The minimum absolute atomic E-state index is 0.196. The molecular weight excluding hydrogens is 282 g/mol. The lowest BCUT2D eigenvalue weighted by atomic mass is 9.74. The fraction of sp³-hybridized carbons (Fsp3) is 0.429. The van der Waals surface area contributed by atoms with E-state index in [1.54, 1.807) is 13.8 Å². The monoisotopic (exact) mass is 300 g/mol. The highest BCUT2D eigenvalue weighted by molar-refractivity contribution is 5.90. The summed E-state index contributed by atoms with van der Waals surface area (Å²) in [7, 11) is 0. The first kappa shape index (κ1) is 16.9. The van der Waals surface area contributed by atoms with Gasteiger partial charge in [-0.15, -0.1) is 0 Å². The van der Waals surface area contributed by atoms with Gasteiger partial charge in [-0.2, -0.15) is 0 Å². The maximum absolute atomic E-state index is 13.4. The molecule has 1 aromatic rings. The molecule has 21 heavy (non-hydrogen) atoms. The van der Waals surface area contributed by atoms with Gasteiger partial charge in [0.25, 0.3) is 0 Å². The molecule has 0 atom stereocenters. The van der Waals surface area contributed by atoms with Gasteiger partial charge in [0.15, 0.2) is 0 Å². The molecule has 0 aliphatic carbocycles. The highest BCUT2D eigenvalue weighted by atomic mass is 19.1. The lowest BCUT2D eigenvalue weighted by Crippen LogP contribution is -2.57. The zero-order valence-electron chi connectivity index (χ0n) is 12.3.